The average molecular weight is 259 g/mol. The van der Waals surface area contributed by atoms with E-state index in [-0.39, 0.29) is 6.10 Å². The van der Waals surface area contributed by atoms with Gasteiger partial charge in [-0.2, -0.15) is 0 Å². The molecule has 0 radical (unpaired) electrons. The number of nitrogens with one attached hydrogen (secondary N) is 1. The van der Waals surface area contributed by atoms with Crippen LogP contribution in [0.15, 0.2) is 24.3 Å². The first-order chi connectivity index (χ1) is 9.29. The minimum Gasteiger partial charge on any atom is -0.364 e. The fourth-order valence-electron chi connectivity index (χ4n) is 2.80. The van der Waals surface area contributed by atoms with Crippen molar-refractivity contribution in [2.75, 3.05) is 13.1 Å². The van der Waals surface area contributed by atoms with E-state index in [1.807, 2.05) is 12.1 Å². The van der Waals surface area contributed by atoms with Gasteiger partial charge in [-0.05, 0) is 18.6 Å². The lowest BCUT2D eigenvalue weighted by Gasteiger charge is -2.30. The summed E-state index contributed by atoms with van der Waals surface area (Å²) >= 11 is 0. The summed E-state index contributed by atoms with van der Waals surface area (Å²) in [4.78, 5) is 4.73. The second-order valence-corrected chi connectivity index (χ2v) is 5.21. The molecule has 1 aromatic carbocycles. The molecule has 4 nitrogen and oxygen atoms in total. The molecule has 3 rings (SSSR count). The van der Waals surface area contributed by atoms with Gasteiger partial charge >= 0.3 is 0 Å². The van der Waals surface area contributed by atoms with E-state index in [0.29, 0.717) is 6.10 Å². The van der Waals surface area contributed by atoms with Crippen molar-refractivity contribution in [2.24, 2.45) is 7.05 Å². The molecular weight excluding hydrogens is 238 g/mol. The van der Waals surface area contributed by atoms with Gasteiger partial charge in [-0.1, -0.05) is 25.5 Å². The van der Waals surface area contributed by atoms with E-state index >= 15 is 0 Å². The molecule has 2 heterocycles. The molecule has 1 fully saturated rings. The largest absolute Gasteiger partial charge is 0.364 e. The first kappa shape index (κ1) is 12.6. The van der Waals surface area contributed by atoms with E-state index in [2.05, 4.69) is 36.0 Å². The van der Waals surface area contributed by atoms with Gasteiger partial charge in [0.05, 0.1) is 17.1 Å². The Bertz CT molecular complexity index is 562. The van der Waals surface area contributed by atoms with Gasteiger partial charge < -0.3 is 14.6 Å². The summed E-state index contributed by atoms with van der Waals surface area (Å²) < 4.78 is 8.33. The van der Waals surface area contributed by atoms with Crippen LogP contribution in [0, 0.1) is 0 Å². The van der Waals surface area contributed by atoms with E-state index in [1.54, 1.807) is 0 Å². The fraction of sp³-hybridized carbons (Fsp3) is 0.533. The Morgan fingerprint density at radius 1 is 1.37 bits per heavy atom. The van der Waals surface area contributed by atoms with Gasteiger partial charge in [0.1, 0.15) is 11.9 Å². The maximum Gasteiger partial charge on any atom is 0.140 e. The van der Waals surface area contributed by atoms with Crippen molar-refractivity contribution in [3.63, 3.8) is 0 Å². The minimum absolute atomic E-state index is 0.0581. The number of benzene rings is 1. The second kappa shape index (κ2) is 5.31. The lowest BCUT2D eigenvalue weighted by molar-refractivity contribution is -0.0475. The lowest BCUT2D eigenvalue weighted by Crippen LogP contribution is -2.41. The van der Waals surface area contributed by atoms with Crippen LogP contribution in [0.3, 0.4) is 0 Å². The van der Waals surface area contributed by atoms with E-state index in [9.17, 15) is 0 Å². The van der Waals surface area contributed by atoms with Gasteiger partial charge in [0, 0.05) is 20.1 Å². The monoisotopic (exact) mass is 259 g/mol. The summed E-state index contributed by atoms with van der Waals surface area (Å²) in [6.45, 7) is 3.99. The lowest BCUT2D eigenvalue weighted by atomic mass is 10.1. The number of ether oxygens (including phenoxy) is 1. The number of nitrogens with zero attached hydrogens (tertiary/aromatic N) is 2. The molecule has 1 saturated heterocycles. The molecule has 1 aliphatic rings. The fourth-order valence-corrected chi connectivity index (χ4v) is 2.80. The summed E-state index contributed by atoms with van der Waals surface area (Å²) in [6, 6.07) is 8.23. The molecule has 0 bridgehead atoms. The van der Waals surface area contributed by atoms with E-state index in [4.69, 9.17) is 9.72 Å². The molecule has 1 N–H and O–H groups in total. The molecule has 4 heteroatoms. The van der Waals surface area contributed by atoms with Crippen LogP contribution in [0.1, 0.15) is 31.7 Å². The highest BCUT2D eigenvalue weighted by Crippen LogP contribution is 2.25. The van der Waals surface area contributed by atoms with Crippen LogP contribution in [0.25, 0.3) is 11.0 Å². The molecule has 2 aromatic rings. The van der Waals surface area contributed by atoms with Crippen LogP contribution in [-0.4, -0.2) is 28.7 Å². The van der Waals surface area contributed by atoms with Gasteiger partial charge in [0.2, 0.25) is 0 Å². The van der Waals surface area contributed by atoms with Crippen molar-refractivity contribution in [3.05, 3.63) is 30.1 Å². The standard InChI is InChI=1S/C15H21N3O/c1-3-6-11-9-16-10-14(19-11)15-17-12-7-4-5-8-13(12)18(15)2/h4-5,7-8,11,14,16H,3,6,9-10H2,1-2H3. The Morgan fingerprint density at radius 2 is 2.21 bits per heavy atom. The van der Waals surface area contributed by atoms with Crippen molar-refractivity contribution in [2.45, 2.75) is 32.0 Å². The molecule has 1 aromatic heterocycles. The molecule has 0 spiro atoms. The summed E-state index contributed by atoms with van der Waals surface area (Å²) in [5.41, 5.74) is 2.21. The van der Waals surface area contributed by atoms with Crippen molar-refractivity contribution >= 4 is 11.0 Å². The van der Waals surface area contributed by atoms with Gasteiger partial charge in [-0.3, -0.25) is 0 Å². The number of fused-ring (bicyclic) bond motifs is 1. The zero-order valence-electron chi connectivity index (χ0n) is 11.6. The Morgan fingerprint density at radius 3 is 3.00 bits per heavy atom. The molecule has 2 unspecified atom stereocenters. The third-order valence-electron chi connectivity index (χ3n) is 3.78. The highest BCUT2D eigenvalue weighted by atomic mass is 16.5. The minimum atomic E-state index is 0.0581. The summed E-state index contributed by atoms with van der Waals surface area (Å²) in [6.07, 6.45) is 2.63. The number of aromatic nitrogens is 2. The summed E-state index contributed by atoms with van der Waals surface area (Å²) in [5, 5.41) is 3.46. The first-order valence-electron chi connectivity index (χ1n) is 7.07. The molecule has 2 atom stereocenters. The van der Waals surface area contributed by atoms with Crippen LogP contribution < -0.4 is 5.32 Å². The zero-order chi connectivity index (χ0) is 13.2. The van der Waals surface area contributed by atoms with Crippen molar-refractivity contribution in [1.82, 2.24) is 14.9 Å². The number of para-hydroxylation sites is 2. The van der Waals surface area contributed by atoms with Crippen LogP contribution in [0.5, 0.6) is 0 Å². The topological polar surface area (TPSA) is 39.1 Å². The average Bonchev–Trinajstić information content (AvgIpc) is 2.78. The maximum atomic E-state index is 6.18. The number of hydrogen-bond acceptors (Lipinski definition) is 3. The van der Waals surface area contributed by atoms with Crippen LogP contribution in [-0.2, 0) is 11.8 Å². The number of aryl methyl sites for hydroxylation is 1. The van der Waals surface area contributed by atoms with Crippen LogP contribution in [0.2, 0.25) is 0 Å². The van der Waals surface area contributed by atoms with Crippen molar-refractivity contribution in [3.8, 4) is 0 Å². The van der Waals surface area contributed by atoms with Crippen LogP contribution >= 0.6 is 0 Å². The molecule has 0 saturated carbocycles. The highest BCUT2D eigenvalue weighted by molar-refractivity contribution is 5.75. The number of hydrogen-bond donors (Lipinski definition) is 1. The van der Waals surface area contributed by atoms with E-state index < -0.39 is 0 Å². The van der Waals surface area contributed by atoms with Crippen molar-refractivity contribution in [1.29, 1.82) is 0 Å². The Labute approximate surface area is 113 Å². The van der Waals surface area contributed by atoms with E-state index in [0.717, 1.165) is 37.3 Å². The predicted molar refractivity (Wildman–Crippen MR) is 76.1 cm³/mol. The van der Waals surface area contributed by atoms with Crippen LogP contribution in [0.4, 0.5) is 0 Å². The third-order valence-corrected chi connectivity index (χ3v) is 3.78. The van der Waals surface area contributed by atoms with Gasteiger partial charge in [-0.15, -0.1) is 0 Å². The number of imidazole rings is 1. The predicted octanol–water partition coefficient (Wildman–Crippen LogP) is 2.40. The first-order valence-corrected chi connectivity index (χ1v) is 7.07. The Kier molecular flexibility index (Phi) is 3.53. The molecule has 102 valence electrons. The molecule has 19 heavy (non-hydrogen) atoms. The Hall–Kier alpha value is -1.39. The third kappa shape index (κ3) is 2.38. The Balaban J connectivity index is 1.89. The normalized spacial score (nSPS) is 23.9. The second-order valence-electron chi connectivity index (χ2n) is 5.21. The van der Waals surface area contributed by atoms with Gasteiger partial charge in [0.15, 0.2) is 0 Å². The zero-order valence-corrected chi connectivity index (χ0v) is 11.6. The SMILES string of the molecule is CCCC1CNCC(c2nc3ccccc3n2C)O1. The molecule has 0 aliphatic carbocycles. The molecule has 1 aliphatic heterocycles. The molecular formula is C15H21N3O. The number of morpholine rings is 1. The van der Waals surface area contributed by atoms with Gasteiger partial charge in [-0.25, -0.2) is 4.98 Å². The van der Waals surface area contributed by atoms with Gasteiger partial charge in [0.25, 0.3) is 0 Å². The highest BCUT2D eigenvalue weighted by Gasteiger charge is 2.26. The summed E-state index contributed by atoms with van der Waals surface area (Å²) in [7, 11) is 2.07. The number of rotatable bonds is 3. The van der Waals surface area contributed by atoms with Crippen molar-refractivity contribution < 1.29 is 4.74 Å². The summed E-state index contributed by atoms with van der Waals surface area (Å²) in [5.74, 6) is 1.02. The molecule has 0 amide bonds. The van der Waals surface area contributed by atoms with E-state index in [1.165, 1.54) is 5.52 Å². The quantitative estimate of drug-likeness (QED) is 0.920. The maximum absolute atomic E-state index is 6.18. The smallest absolute Gasteiger partial charge is 0.140 e.